The number of rotatable bonds is 1. The van der Waals surface area contributed by atoms with E-state index in [4.69, 9.17) is 16.3 Å². The van der Waals surface area contributed by atoms with Gasteiger partial charge in [-0.05, 0) is 31.0 Å². The lowest BCUT2D eigenvalue weighted by atomic mass is 9.92. The molecule has 0 N–H and O–H groups in total. The lowest BCUT2D eigenvalue weighted by molar-refractivity contribution is 0.0967. The summed E-state index contributed by atoms with van der Waals surface area (Å²) < 4.78 is 5.48. The highest BCUT2D eigenvalue weighted by atomic mass is 35.5. The van der Waals surface area contributed by atoms with Crippen molar-refractivity contribution in [1.82, 2.24) is 4.98 Å². The van der Waals surface area contributed by atoms with Crippen molar-refractivity contribution in [2.45, 2.75) is 19.3 Å². The summed E-state index contributed by atoms with van der Waals surface area (Å²) in [6, 6.07) is 5.47. The van der Waals surface area contributed by atoms with Crippen LogP contribution in [0.2, 0.25) is 5.02 Å². The van der Waals surface area contributed by atoms with Crippen molar-refractivity contribution in [1.29, 1.82) is 0 Å². The van der Waals surface area contributed by atoms with Crippen LogP contribution in [-0.2, 0) is 6.42 Å². The summed E-state index contributed by atoms with van der Waals surface area (Å²) in [5.74, 6) is 0.858. The van der Waals surface area contributed by atoms with Gasteiger partial charge < -0.3 is 4.74 Å². The number of carbonyl (C=O) groups excluding carboxylic acids is 1. The fraction of sp³-hybridized carbons (Fsp3) is 0.286. The van der Waals surface area contributed by atoms with Gasteiger partial charge in [0.05, 0.1) is 12.6 Å². The molecule has 0 bridgehead atoms. The molecular weight excluding hydrogens is 250 g/mol. The minimum Gasteiger partial charge on any atom is -0.496 e. The molecule has 1 aliphatic carbocycles. The first kappa shape index (κ1) is 11.5. The molecular formula is C14H12ClNO2. The van der Waals surface area contributed by atoms with E-state index in [2.05, 4.69) is 4.98 Å². The van der Waals surface area contributed by atoms with Crippen molar-refractivity contribution in [3.8, 4) is 5.75 Å². The molecule has 0 saturated heterocycles. The summed E-state index contributed by atoms with van der Waals surface area (Å²) in [5, 5.41) is 1.52. The predicted molar refractivity (Wildman–Crippen MR) is 70.6 cm³/mol. The molecule has 3 nitrogen and oxygen atoms in total. The summed E-state index contributed by atoms with van der Waals surface area (Å²) in [5.41, 5.74) is 2.20. The third kappa shape index (κ3) is 1.66. The van der Waals surface area contributed by atoms with Gasteiger partial charge in [0.2, 0.25) is 0 Å². The van der Waals surface area contributed by atoms with Crippen molar-refractivity contribution < 1.29 is 9.53 Å². The van der Waals surface area contributed by atoms with Gasteiger partial charge in [-0.3, -0.25) is 4.79 Å². The van der Waals surface area contributed by atoms with E-state index < -0.39 is 0 Å². The second-order valence-electron chi connectivity index (χ2n) is 4.41. The maximum Gasteiger partial charge on any atom is 0.181 e. The number of ether oxygens (including phenoxy) is 1. The van der Waals surface area contributed by atoms with Gasteiger partial charge in [0.1, 0.15) is 11.4 Å². The summed E-state index contributed by atoms with van der Waals surface area (Å²) in [7, 11) is 1.63. The second kappa shape index (κ2) is 4.25. The fourth-order valence-corrected chi connectivity index (χ4v) is 2.65. The minimum absolute atomic E-state index is 0.0939. The molecule has 92 valence electrons. The van der Waals surface area contributed by atoms with Crippen LogP contribution in [0.1, 0.15) is 28.9 Å². The largest absolute Gasteiger partial charge is 0.496 e. The molecule has 1 aromatic heterocycles. The Balaban J connectivity index is 2.39. The van der Waals surface area contributed by atoms with E-state index >= 15 is 0 Å². The number of pyridine rings is 1. The summed E-state index contributed by atoms with van der Waals surface area (Å²) in [6.07, 6.45) is 2.27. The fourth-order valence-electron chi connectivity index (χ4n) is 2.49. The first-order valence-corrected chi connectivity index (χ1v) is 6.28. The van der Waals surface area contributed by atoms with Gasteiger partial charge in [0, 0.05) is 22.4 Å². The Morgan fingerprint density at radius 2 is 2.17 bits per heavy atom. The highest BCUT2D eigenvalue weighted by Gasteiger charge is 2.24. The molecule has 0 unspecified atom stereocenters. The lowest BCUT2D eigenvalue weighted by Crippen LogP contribution is -2.14. The van der Waals surface area contributed by atoms with Crippen LogP contribution in [0.5, 0.6) is 5.75 Å². The number of fused-ring (bicyclic) bond motifs is 2. The Hall–Kier alpha value is -1.61. The number of benzene rings is 1. The third-order valence-corrected chi connectivity index (χ3v) is 3.53. The van der Waals surface area contributed by atoms with Gasteiger partial charge in [-0.15, -0.1) is 0 Å². The number of methoxy groups -OCH3 is 1. The molecule has 1 heterocycles. The summed E-state index contributed by atoms with van der Waals surface area (Å²) in [6.45, 7) is 0. The number of Topliss-reactive ketones (excluding diaryl/α,β-unsaturated/α-hetero) is 1. The Morgan fingerprint density at radius 1 is 1.33 bits per heavy atom. The van der Waals surface area contributed by atoms with E-state index in [1.54, 1.807) is 13.2 Å². The van der Waals surface area contributed by atoms with Gasteiger partial charge in [0.25, 0.3) is 0 Å². The lowest BCUT2D eigenvalue weighted by Gasteiger charge is -2.18. The molecule has 3 rings (SSSR count). The van der Waals surface area contributed by atoms with Crippen LogP contribution in [0.25, 0.3) is 10.9 Å². The zero-order valence-electron chi connectivity index (χ0n) is 10.00. The number of hydrogen-bond acceptors (Lipinski definition) is 3. The van der Waals surface area contributed by atoms with Gasteiger partial charge in [0.15, 0.2) is 5.78 Å². The van der Waals surface area contributed by atoms with Crippen LogP contribution < -0.4 is 4.74 Å². The molecule has 1 aliphatic rings. The van der Waals surface area contributed by atoms with E-state index in [9.17, 15) is 4.79 Å². The molecule has 0 fully saturated rings. The average Bonchev–Trinajstić information content (AvgIpc) is 2.37. The zero-order chi connectivity index (χ0) is 12.7. The van der Waals surface area contributed by atoms with E-state index in [1.807, 2.05) is 12.1 Å². The van der Waals surface area contributed by atoms with E-state index in [0.29, 0.717) is 22.7 Å². The van der Waals surface area contributed by atoms with Crippen LogP contribution in [0.4, 0.5) is 0 Å². The predicted octanol–water partition coefficient (Wildman–Crippen LogP) is 3.42. The number of nitrogens with zero attached hydrogens (tertiary/aromatic N) is 1. The Labute approximate surface area is 110 Å². The highest BCUT2D eigenvalue weighted by molar-refractivity contribution is 6.31. The van der Waals surface area contributed by atoms with Crippen molar-refractivity contribution >= 4 is 28.3 Å². The molecule has 1 aromatic carbocycles. The number of aromatic nitrogens is 1. The van der Waals surface area contributed by atoms with Gasteiger partial charge in [-0.25, -0.2) is 4.98 Å². The maximum atomic E-state index is 11.9. The number of halogens is 1. The molecule has 2 aromatic rings. The SMILES string of the molecule is COc1c2c(nc3cc(Cl)ccc13)C(=O)CCC2. The van der Waals surface area contributed by atoms with Crippen LogP contribution in [0.15, 0.2) is 18.2 Å². The topological polar surface area (TPSA) is 39.2 Å². The van der Waals surface area contributed by atoms with Crippen molar-refractivity contribution in [3.63, 3.8) is 0 Å². The average molecular weight is 262 g/mol. The van der Waals surface area contributed by atoms with E-state index in [1.165, 1.54) is 0 Å². The number of carbonyl (C=O) groups is 1. The van der Waals surface area contributed by atoms with E-state index in [-0.39, 0.29) is 5.78 Å². The molecule has 0 atom stereocenters. The molecule has 0 spiro atoms. The van der Waals surface area contributed by atoms with Crippen LogP contribution in [0.3, 0.4) is 0 Å². The van der Waals surface area contributed by atoms with Crippen LogP contribution >= 0.6 is 11.6 Å². The minimum atomic E-state index is 0.0939. The van der Waals surface area contributed by atoms with Crippen molar-refractivity contribution in [3.05, 3.63) is 34.5 Å². The quantitative estimate of drug-likeness (QED) is 0.790. The highest BCUT2D eigenvalue weighted by Crippen LogP contribution is 2.35. The first-order chi connectivity index (χ1) is 8.70. The molecule has 4 heteroatoms. The zero-order valence-corrected chi connectivity index (χ0v) is 10.8. The second-order valence-corrected chi connectivity index (χ2v) is 4.85. The third-order valence-electron chi connectivity index (χ3n) is 3.30. The van der Waals surface area contributed by atoms with E-state index in [0.717, 1.165) is 29.5 Å². The monoisotopic (exact) mass is 261 g/mol. The first-order valence-electron chi connectivity index (χ1n) is 5.90. The molecule has 18 heavy (non-hydrogen) atoms. The Kier molecular flexibility index (Phi) is 2.71. The number of hydrogen-bond donors (Lipinski definition) is 0. The molecule has 0 saturated carbocycles. The van der Waals surface area contributed by atoms with Gasteiger partial charge in [-0.1, -0.05) is 11.6 Å². The van der Waals surface area contributed by atoms with Crippen LogP contribution in [0, 0.1) is 0 Å². The number of ketones is 1. The van der Waals surface area contributed by atoms with Gasteiger partial charge in [-0.2, -0.15) is 0 Å². The molecule has 0 amide bonds. The normalized spacial score (nSPS) is 14.7. The van der Waals surface area contributed by atoms with Crippen molar-refractivity contribution in [2.24, 2.45) is 0 Å². The molecule has 0 radical (unpaired) electrons. The van der Waals surface area contributed by atoms with Gasteiger partial charge >= 0.3 is 0 Å². The Bertz CT molecular complexity index is 652. The summed E-state index contributed by atoms with van der Waals surface area (Å²) >= 11 is 5.97. The van der Waals surface area contributed by atoms with Crippen molar-refractivity contribution in [2.75, 3.05) is 7.11 Å². The Morgan fingerprint density at radius 3 is 2.94 bits per heavy atom. The maximum absolute atomic E-state index is 11.9. The standard InChI is InChI=1S/C14H12ClNO2/c1-18-14-9-6-5-8(15)7-11(9)16-13-10(14)3-2-4-12(13)17/h5-7H,2-4H2,1H3. The van der Waals surface area contributed by atoms with Crippen LogP contribution in [-0.4, -0.2) is 17.9 Å². The molecule has 0 aliphatic heterocycles. The smallest absolute Gasteiger partial charge is 0.181 e. The summed E-state index contributed by atoms with van der Waals surface area (Å²) in [4.78, 5) is 16.4.